The van der Waals surface area contributed by atoms with E-state index in [0.717, 1.165) is 0 Å². The van der Waals surface area contributed by atoms with E-state index < -0.39 is 27.3 Å². The maximum atomic E-state index is 12.6. The molecule has 2 unspecified atom stereocenters. The second-order valence-corrected chi connectivity index (χ2v) is 10.7. The maximum Gasteiger partial charge on any atom is 0.338 e. The van der Waals surface area contributed by atoms with Crippen molar-refractivity contribution in [2.24, 2.45) is 0 Å². The highest BCUT2D eigenvalue weighted by Crippen LogP contribution is 2.27. The molecule has 0 aliphatic carbocycles. The predicted octanol–water partition coefficient (Wildman–Crippen LogP) is 1.07. The Kier molecular flexibility index (Phi) is 9.04. The van der Waals surface area contributed by atoms with Crippen LogP contribution in [0.4, 0.5) is 5.69 Å². The molecule has 1 aromatic rings. The first-order valence-corrected chi connectivity index (χ1v) is 12.1. The number of hydrogen-bond donors (Lipinski definition) is 3. The summed E-state index contributed by atoms with van der Waals surface area (Å²) in [4.78, 5) is 36.3. The zero-order chi connectivity index (χ0) is 23.2. The molecule has 1 heterocycles. The van der Waals surface area contributed by atoms with Gasteiger partial charge in [-0.1, -0.05) is 0 Å². The van der Waals surface area contributed by atoms with Crippen LogP contribution in [0.3, 0.4) is 0 Å². The summed E-state index contributed by atoms with van der Waals surface area (Å²) in [5, 5.41) is 4.58. The number of benzene rings is 1. The van der Waals surface area contributed by atoms with Crippen molar-refractivity contribution in [1.29, 1.82) is 0 Å². The Morgan fingerprint density at radius 3 is 2.42 bits per heavy atom. The molecule has 1 aliphatic rings. The molecular formula is C20H29N3O6S2. The first-order chi connectivity index (χ1) is 14.6. The number of ether oxygens (including phenoxy) is 1. The van der Waals surface area contributed by atoms with Crippen molar-refractivity contribution in [3.05, 3.63) is 29.8 Å². The van der Waals surface area contributed by atoms with Gasteiger partial charge in [-0.15, -0.1) is 0 Å². The van der Waals surface area contributed by atoms with Gasteiger partial charge in [-0.25, -0.2) is 13.2 Å². The molecule has 1 aliphatic heterocycles. The first-order valence-electron chi connectivity index (χ1n) is 10.1. The number of carbonyl (C=O) groups is 3. The summed E-state index contributed by atoms with van der Waals surface area (Å²) in [5.74, 6) is -1.11. The van der Waals surface area contributed by atoms with E-state index in [2.05, 4.69) is 23.3 Å². The Hall–Kier alpha value is -1.95. The molecule has 2 rings (SSSR count). The van der Waals surface area contributed by atoms with Crippen LogP contribution < -0.4 is 10.6 Å². The lowest BCUT2D eigenvalue weighted by molar-refractivity contribution is -0.121. The lowest BCUT2D eigenvalue weighted by atomic mass is 10.1. The number of ketones is 1. The van der Waals surface area contributed by atoms with Crippen molar-refractivity contribution in [2.45, 2.75) is 43.7 Å². The predicted molar refractivity (Wildman–Crippen MR) is 121 cm³/mol. The lowest BCUT2D eigenvalue weighted by Crippen LogP contribution is -2.46. The molecule has 172 valence electrons. The minimum atomic E-state index is -3.58. The summed E-state index contributed by atoms with van der Waals surface area (Å²) in [6.45, 7) is 5.08. The van der Waals surface area contributed by atoms with Gasteiger partial charge in [0.1, 0.15) is 0 Å². The Morgan fingerprint density at radius 2 is 1.84 bits per heavy atom. The van der Waals surface area contributed by atoms with Crippen LogP contribution in [0.15, 0.2) is 24.3 Å². The van der Waals surface area contributed by atoms with Gasteiger partial charge in [0.05, 0.1) is 36.6 Å². The summed E-state index contributed by atoms with van der Waals surface area (Å²) in [7, 11) is -3.58. The third-order valence-electron chi connectivity index (χ3n) is 4.79. The Morgan fingerprint density at radius 1 is 1.19 bits per heavy atom. The van der Waals surface area contributed by atoms with Crippen LogP contribution in [0.2, 0.25) is 0 Å². The van der Waals surface area contributed by atoms with Crippen LogP contribution >= 0.6 is 12.6 Å². The number of carbonyl (C=O) groups excluding carboxylic acids is 3. The average Bonchev–Trinajstić information content (AvgIpc) is 3.11. The molecule has 0 radical (unpaired) electrons. The number of thiol groups is 1. The first kappa shape index (κ1) is 25.3. The summed E-state index contributed by atoms with van der Waals surface area (Å²) >= 11 is 4.34. The van der Waals surface area contributed by atoms with Crippen molar-refractivity contribution in [2.75, 3.05) is 31.6 Å². The minimum absolute atomic E-state index is 0.126. The van der Waals surface area contributed by atoms with Gasteiger partial charge in [0.15, 0.2) is 5.78 Å². The topological polar surface area (TPSA) is 122 Å². The number of nitrogens with zero attached hydrogens (tertiary/aromatic N) is 1. The van der Waals surface area contributed by atoms with Crippen molar-refractivity contribution >= 4 is 46.0 Å². The van der Waals surface area contributed by atoms with Gasteiger partial charge in [-0.2, -0.15) is 16.9 Å². The van der Waals surface area contributed by atoms with Crippen LogP contribution in [0.1, 0.15) is 37.6 Å². The zero-order valence-corrected chi connectivity index (χ0v) is 19.5. The van der Waals surface area contributed by atoms with E-state index in [1.54, 1.807) is 45.0 Å². The summed E-state index contributed by atoms with van der Waals surface area (Å²) in [5.41, 5.74) is 0.873. The van der Waals surface area contributed by atoms with Crippen LogP contribution in [0, 0.1) is 0 Å². The molecule has 9 nitrogen and oxygen atoms in total. The molecule has 1 aromatic carbocycles. The van der Waals surface area contributed by atoms with Crippen molar-refractivity contribution < 1.29 is 27.5 Å². The molecule has 1 fully saturated rings. The summed E-state index contributed by atoms with van der Waals surface area (Å²) < 4.78 is 31.1. The number of hydrogen-bond acceptors (Lipinski definition) is 8. The summed E-state index contributed by atoms with van der Waals surface area (Å²) in [6.07, 6.45) is 0.342. The smallest absolute Gasteiger partial charge is 0.338 e. The molecule has 2 atom stereocenters. The van der Waals surface area contributed by atoms with Crippen molar-refractivity contribution in [3.8, 4) is 0 Å². The van der Waals surface area contributed by atoms with Gasteiger partial charge in [-0.05, 0) is 51.5 Å². The fraction of sp³-hybridized carbons (Fsp3) is 0.550. The molecule has 0 spiro atoms. The van der Waals surface area contributed by atoms with Crippen LogP contribution in [-0.4, -0.2) is 73.2 Å². The van der Waals surface area contributed by atoms with E-state index in [1.165, 1.54) is 4.31 Å². The van der Waals surface area contributed by atoms with Crippen LogP contribution in [0.25, 0.3) is 0 Å². The fourth-order valence-electron chi connectivity index (χ4n) is 3.16. The largest absolute Gasteiger partial charge is 0.462 e. The SMILES string of the molecule is CCOC(=O)c1ccc(NC(=O)CNCC(=O)C2CC(S)CN2S(=O)(=O)C(C)C)cc1. The number of anilines is 1. The normalized spacial score (nSPS) is 19.4. The van der Waals surface area contributed by atoms with E-state index in [-0.39, 0.29) is 43.2 Å². The molecule has 11 heteroatoms. The average molecular weight is 472 g/mol. The van der Waals surface area contributed by atoms with Crippen LogP contribution in [-0.2, 0) is 24.3 Å². The van der Waals surface area contributed by atoms with Gasteiger partial charge in [0, 0.05) is 17.5 Å². The third-order valence-corrected chi connectivity index (χ3v) is 7.42. The number of Topliss-reactive ketones (excluding diaryl/α,β-unsaturated/α-hetero) is 1. The molecule has 2 N–H and O–H groups in total. The zero-order valence-electron chi connectivity index (χ0n) is 17.8. The fourth-order valence-corrected chi connectivity index (χ4v) is 5.13. The second kappa shape index (κ2) is 11.1. The summed E-state index contributed by atoms with van der Waals surface area (Å²) in [6, 6.07) is 5.47. The molecule has 0 bridgehead atoms. The number of rotatable bonds is 10. The van der Waals surface area contributed by atoms with Crippen LogP contribution in [0.5, 0.6) is 0 Å². The Labute approximate surface area is 188 Å². The van der Waals surface area contributed by atoms with E-state index in [9.17, 15) is 22.8 Å². The Bertz CT molecular complexity index is 902. The van der Waals surface area contributed by atoms with E-state index in [1.807, 2.05) is 0 Å². The minimum Gasteiger partial charge on any atom is -0.462 e. The highest BCUT2D eigenvalue weighted by atomic mass is 32.2. The second-order valence-electron chi connectivity index (χ2n) is 7.48. The quantitative estimate of drug-likeness (QED) is 0.345. The number of amides is 1. The van der Waals surface area contributed by atoms with Gasteiger partial charge >= 0.3 is 5.97 Å². The number of esters is 1. The standard InChI is InChI=1S/C20H29N3O6S2/c1-4-29-20(26)14-5-7-15(8-6-14)22-19(25)11-21-10-18(24)17-9-16(30)12-23(17)31(27,28)13(2)3/h5-8,13,16-17,21,30H,4,9-12H2,1-3H3,(H,22,25). The molecule has 1 saturated heterocycles. The highest BCUT2D eigenvalue weighted by Gasteiger charge is 2.42. The lowest BCUT2D eigenvalue weighted by Gasteiger charge is -2.25. The maximum absolute atomic E-state index is 12.6. The highest BCUT2D eigenvalue weighted by molar-refractivity contribution is 7.89. The van der Waals surface area contributed by atoms with E-state index in [0.29, 0.717) is 17.7 Å². The Balaban J connectivity index is 1.85. The number of sulfonamides is 1. The van der Waals surface area contributed by atoms with Gasteiger partial charge < -0.3 is 15.4 Å². The molecule has 0 aromatic heterocycles. The molecule has 0 saturated carbocycles. The third kappa shape index (κ3) is 6.76. The van der Waals surface area contributed by atoms with Gasteiger partial charge in [-0.3, -0.25) is 9.59 Å². The molecule has 31 heavy (non-hydrogen) atoms. The monoisotopic (exact) mass is 471 g/mol. The van der Waals surface area contributed by atoms with E-state index >= 15 is 0 Å². The van der Waals surface area contributed by atoms with Gasteiger partial charge in [0.2, 0.25) is 15.9 Å². The van der Waals surface area contributed by atoms with Crippen molar-refractivity contribution in [1.82, 2.24) is 9.62 Å². The number of nitrogens with one attached hydrogen (secondary N) is 2. The molecular weight excluding hydrogens is 442 g/mol. The molecule has 1 amide bonds. The van der Waals surface area contributed by atoms with Crippen molar-refractivity contribution in [3.63, 3.8) is 0 Å². The van der Waals surface area contributed by atoms with Gasteiger partial charge in [0.25, 0.3) is 0 Å². The van der Waals surface area contributed by atoms with E-state index in [4.69, 9.17) is 4.74 Å².